The molecule has 0 aliphatic heterocycles. The van der Waals surface area contributed by atoms with Crippen LogP contribution >= 0.6 is 0 Å². The van der Waals surface area contributed by atoms with E-state index in [-0.39, 0.29) is 0 Å². The van der Waals surface area contributed by atoms with Crippen molar-refractivity contribution in [2.45, 2.75) is 0 Å². The monoisotopic (exact) mass is 638 g/mol. The SMILES string of the molecule is c1ccc2cc(-c3ccc(N(c4ccc(-c5cccc6ccccc56)cc4)c4cccc5cc6oc7cccnc7c6cc45)cc3)ccc2c1. The van der Waals surface area contributed by atoms with Crippen molar-refractivity contribution >= 4 is 71.4 Å². The van der Waals surface area contributed by atoms with Gasteiger partial charge in [-0.25, -0.2) is 0 Å². The molecule has 0 saturated heterocycles. The van der Waals surface area contributed by atoms with Gasteiger partial charge in [-0.05, 0) is 110 Å². The lowest BCUT2D eigenvalue weighted by Crippen LogP contribution is -2.10. The van der Waals surface area contributed by atoms with E-state index in [1.54, 1.807) is 0 Å². The molecule has 234 valence electrons. The minimum Gasteiger partial charge on any atom is -0.454 e. The number of fused-ring (bicyclic) bond motifs is 6. The summed E-state index contributed by atoms with van der Waals surface area (Å²) in [5.74, 6) is 0. The Bertz CT molecular complexity index is 2860. The van der Waals surface area contributed by atoms with E-state index in [0.717, 1.165) is 49.9 Å². The third-order valence-corrected chi connectivity index (χ3v) is 9.88. The lowest BCUT2D eigenvalue weighted by molar-refractivity contribution is 0.668. The minimum absolute atomic E-state index is 0.796. The van der Waals surface area contributed by atoms with Crippen LogP contribution in [0.2, 0.25) is 0 Å². The Morgan fingerprint density at radius 3 is 1.92 bits per heavy atom. The topological polar surface area (TPSA) is 29.3 Å². The molecule has 0 N–H and O–H groups in total. The van der Waals surface area contributed by atoms with Crippen molar-refractivity contribution in [3.8, 4) is 22.3 Å². The Morgan fingerprint density at radius 1 is 0.400 bits per heavy atom. The molecule has 2 aromatic heterocycles. The Hall–Kier alpha value is -6.71. The van der Waals surface area contributed by atoms with Crippen molar-refractivity contribution in [1.82, 2.24) is 4.98 Å². The van der Waals surface area contributed by atoms with E-state index in [2.05, 4.69) is 174 Å². The van der Waals surface area contributed by atoms with Crippen molar-refractivity contribution in [2.24, 2.45) is 0 Å². The second-order valence-electron chi connectivity index (χ2n) is 12.8. The molecule has 8 aromatic carbocycles. The molecule has 0 saturated carbocycles. The van der Waals surface area contributed by atoms with Crippen LogP contribution in [0.25, 0.3) is 76.6 Å². The van der Waals surface area contributed by atoms with E-state index < -0.39 is 0 Å². The first kappa shape index (κ1) is 28.3. The zero-order valence-corrected chi connectivity index (χ0v) is 27.1. The molecular weight excluding hydrogens is 609 g/mol. The van der Waals surface area contributed by atoms with Crippen LogP contribution in [-0.4, -0.2) is 4.98 Å². The maximum absolute atomic E-state index is 6.22. The molecule has 0 atom stereocenters. The Balaban J connectivity index is 1.13. The number of nitrogens with zero attached hydrogens (tertiary/aromatic N) is 2. The molecule has 3 heteroatoms. The highest BCUT2D eigenvalue weighted by molar-refractivity contribution is 6.12. The zero-order chi connectivity index (χ0) is 33.0. The number of furan rings is 1. The van der Waals surface area contributed by atoms with E-state index in [9.17, 15) is 0 Å². The van der Waals surface area contributed by atoms with Gasteiger partial charge >= 0.3 is 0 Å². The molecule has 0 unspecified atom stereocenters. The molecule has 10 rings (SSSR count). The Labute approximate surface area is 289 Å². The number of anilines is 3. The highest BCUT2D eigenvalue weighted by Crippen LogP contribution is 2.42. The number of aromatic nitrogens is 1. The van der Waals surface area contributed by atoms with Crippen LogP contribution in [0.4, 0.5) is 17.1 Å². The summed E-state index contributed by atoms with van der Waals surface area (Å²) in [4.78, 5) is 7.04. The maximum Gasteiger partial charge on any atom is 0.153 e. The Morgan fingerprint density at radius 2 is 1.08 bits per heavy atom. The van der Waals surface area contributed by atoms with Crippen LogP contribution in [0.3, 0.4) is 0 Å². The predicted octanol–water partition coefficient (Wildman–Crippen LogP) is 13.2. The van der Waals surface area contributed by atoms with Crippen LogP contribution in [0.1, 0.15) is 0 Å². The van der Waals surface area contributed by atoms with Crippen LogP contribution in [0.5, 0.6) is 0 Å². The molecule has 3 nitrogen and oxygen atoms in total. The third kappa shape index (κ3) is 4.71. The highest BCUT2D eigenvalue weighted by Gasteiger charge is 2.18. The summed E-state index contributed by atoms with van der Waals surface area (Å²) in [5, 5.41) is 8.23. The molecule has 10 aromatic rings. The summed E-state index contributed by atoms with van der Waals surface area (Å²) >= 11 is 0. The first-order chi connectivity index (χ1) is 24.8. The fourth-order valence-electron chi connectivity index (χ4n) is 7.41. The van der Waals surface area contributed by atoms with Gasteiger partial charge in [-0.1, -0.05) is 115 Å². The largest absolute Gasteiger partial charge is 0.454 e. The minimum atomic E-state index is 0.796. The smallest absolute Gasteiger partial charge is 0.153 e. The average Bonchev–Trinajstić information content (AvgIpc) is 3.55. The Kier molecular flexibility index (Phi) is 6.49. The van der Waals surface area contributed by atoms with Crippen molar-refractivity contribution < 1.29 is 4.42 Å². The van der Waals surface area contributed by atoms with Crippen molar-refractivity contribution in [1.29, 1.82) is 0 Å². The van der Waals surface area contributed by atoms with Gasteiger partial charge in [0.15, 0.2) is 5.58 Å². The molecule has 0 aliphatic rings. The van der Waals surface area contributed by atoms with Crippen LogP contribution in [0, 0.1) is 0 Å². The summed E-state index contributed by atoms with van der Waals surface area (Å²) < 4.78 is 6.22. The van der Waals surface area contributed by atoms with Gasteiger partial charge in [-0.3, -0.25) is 4.98 Å². The van der Waals surface area contributed by atoms with Crippen molar-refractivity contribution in [3.63, 3.8) is 0 Å². The zero-order valence-electron chi connectivity index (χ0n) is 27.1. The molecule has 0 fully saturated rings. The lowest BCUT2D eigenvalue weighted by atomic mass is 9.97. The third-order valence-electron chi connectivity index (χ3n) is 9.88. The number of hydrogen-bond donors (Lipinski definition) is 0. The molecule has 2 heterocycles. The average molecular weight is 639 g/mol. The predicted molar refractivity (Wildman–Crippen MR) is 210 cm³/mol. The maximum atomic E-state index is 6.22. The fraction of sp³-hybridized carbons (Fsp3) is 0. The summed E-state index contributed by atoms with van der Waals surface area (Å²) in [5.41, 5.74) is 10.6. The number of hydrogen-bond acceptors (Lipinski definition) is 3. The van der Waals surface area contributed by atoms with Gasteiger partial charge in [0, 0.05) is 28.3 Å². The van der Waals surface area contributed by atoms with E-state index in [1.807, 2.05) is 18.3 Å². The fourth-order valence-corrected chi connectivity index (χ4v) is 7.41. The van der Waals surface area contributed by atoms with Crippen LogP contribution in [-0.2, 0) is 0 Å². The van der Waals surface area contributed by atoms with E-state index in [0.29, 0.717) is 0 Å². The summed E-state index contributed by atoms with van der Waals surface area (Å²) in [7, 11) is 0. The van der Waals surface area contributed by atoms with Gasteiger partial charge in [0.05, 0.1) is 5.69 Å². The first-order valence-corrected chi connectivity index (χ1v) is 16.9. The van der Waals surface area contributed by atoms with Gasteiger partial charge in [0.2, 0.25) is 0 Å². The van der Waals surface area contributed by atoms with Crippen LogP contribution in [0.15, 0.2) is 187 Å². The van der Waals surface area contributed by atoms with Gasteiger partial charge in [-0.2, -0.15) is 0 Å². The molecule has 0 radical (unpaired) electrons. The molecular formula is C47H30N2O. The summed E-state index contributed by atoms with van der Waals surface area (Å²) in [6.07, 6.45) is 1.83. The van der Waals surface area contributed by atoms with Gasteiger partial charge < -0.3 is 9.32 Å². The van der Waals surface area contributed by atoms with Crippen molar-refractivity contribution in [3.05, 3.63) is 182 Å². The van der Waals surface area contributed by atoms with Crippen molar-refractivity contribution in [2.75, 3.05) is 4.90 Å². The molecule has 0 aliphatic carbocycles. The quantitative estimate of drug-likeness (QED) is 0.188. The second-order valence-corrected chi connectivity index (χ2v) is 12.8. The molecule has 0 bridgehead atoms. The van der Waals surface area contributed by atoms with Gasteiger partial charge in [-0.15, -0.1) is 0 Å². The molecule has 50 heavy (non-hydrogen) atoms. The molecule has 0 spiro atoms. The van der Waals surface area contributed by atoms with E-state index >= 15 is 0 Å². The van der Waals surface area contributed by atoms with Crippen LogP contribution < -0.4 is 4.90 Å². The summed E-state index contributed by atoms with van der Waals surface area (Å²) in [6, 6.07) is 62.9. The first-order valence-electron chi connectivity index (χ1n) is 16.9. The van der Waals surface area contributed by atoms with Gasteiger partial charge in [0.25, 0.3) is 0 Å². The molecule has 0 amide bonds. The normalized spacial score (nSPS) is 11.6. The van der Waals surface area contributed by atoms with E-state index in [4.69, 9.17) is 4.42 Å². The highest BCUT2D eigenvalue weighted by atomic mass is 16.3. The number of pyridine rings is 1. The summed E-state index contributed by atoms with van der Waals surface area (Å²) in [6.45, 7) is 0. The second kappa shape index (κ2) is 11.5. The number of benzene rings is 8. The van der Waals surface area contributed by atoms with Gasteiger partial charge in [0.1, 0.15) is 11.1 Å². The van der Waals surface area contributed by atoms with E-state index in [1.165, 1.54) is 43.8 Å². The lowest BCUT2D eigenvalue weighted by Gasteiger charge is -2.27. The standard InChI is InChI=1S/C47H30N2O/c1-2-10-35-28-36(18-17-31(35)8-1)32-19-23-38(24-20-32)49(39-25-21-34(22-26-39)41-14-5-11-33-9-3-4-13-40(33)41)44-15-6-12-37-29-46-43(30-42(37)44)47-45(50-46)16-7-27-48-47/h1-30H. The number of rotatable bonds is 5.